The normalized spacial score (nSPS) is 16.0. The monoisotopic (exact) mass is 386 g/mol. The molecule has 0 saturated carbocycles. The summed E-state index contributed by atoms with van der Waals surface area (Å²) < 4.78 is 23.6. The standard InChI is InChI=1S/C20H19FN2O5/c1-27-15-8-6-14(7-9-15)23-11-13(10-19(23)25)20(26)28-12-18(24)22-17-5-3-2-4-16(17)21/h2-9,13H,10-12H2,1H3,(H,22,24)/t13-/m0/s1. The Labute approximate surface area is 161 Å². The summed E-state index contributed by atoms with van der Waals surface area (Å²) in [5, 5.41) is 2.33. The molecule has 28 heavy (non-hydrogen) atoms. The number of hydrogen-bond acceptors (Lipinski definition) is 5. The highest BCUT2D eigenvalue weighted by Gasteiger charge is 2.36. The van der Waals surface area contributed by atoms with Crippen LogP contribution < -0.4 is 15.0 Å². The number of hydrogen-bond donors (Lipinski definition) is 1. The molecule has 0 spiro atoms. The van der Waals surface area contributed by atoms with Crippen LogP contribution in [0.2, 0.25) is 0 Å². The number of anilines is 2. The molecule has 1 atom stereocenters. The summed E-state index contributed by atoms with van der Waals surface area (Å²) in [4.78, 5) is 37.8. The minimum atomic E-state index is -0.670. The number of carbonyl (C=O) groups is 3. The van der Waals surface area contributed by atoms with Crippen molar-refractivity contribution >= 4 is 29.2 Å². The molecule has 1 N–H and O–H groups in total. The number of para-hydroxylation sites is 1. The Morgan fingerprint density at radius 1 is 1.18 bits per heavy atom. The zero-order valence-corrected chi connectivity index (χ0v) is 15.2. The van der Waals surface area contributed by atoms with E-state index < -0.39 is 30.2 Å². The third-order valence-corrected chi connectivity index (χ3v) is 4.34. The molecule has 0 unspecified atom stereocenters. The summed E-state index contributed by atoms with van der Waals surface area (Å²) in [6.45, 7) is -0.390. The van der Waals surface area contributed by atoms with E-state index in [0.717, 1.165) is 0 Å². The molecule has 1 aliphatic rings. The summed E-state index contributed by atoms with van der Waals surface area (Å²) in [5.74, 6) is -2.10. The minimum absolute atomic E-state index is 0.000203. The number of nitrogens with zero attached hydrogens (tertiary/aromatic N) is 1. The highest BCUT2D eigenvalue weighted by molar-refractivity contribution is 6.00. The van der Waals surface area contributed by atoms with E-state index in [2.05, 4.69) is 5.32 Å². The summed E-state index contributed by atoms with van der Waals surface area (Å²) in [5.41, 5.74) is 0.656. The van der Waals surface area contributed by atoms with Crippen molar-refractivity contribution in [1.29, 1.82) is 0 Å². The van der Waals surface area contributed by atoms with E-state index in [1.54, 1.807) is 37.4 Å². The van der Waals surface area contributed by atoms with Gasteiger partial charge < -0.3 is 19.7 Å². The lowest BCUT2D eigenvalue weighted by Crippen LogP contribution is -2.28. The molecule has 0 radical (unpaired) electrons. The van der Waals surface area contributed by atoms with Gasteiger partial charge >= 0.3 is 5.97 Å². The fourth-order valence-electron chi connectivity index (χ4n) is 2.88. The zero-order valence-electron chi connectivity index (χ0n) is 15.2. The predicted molar refractivity (Wildman–Crippen MR) is 99.4 cm³/mol. The first-order valence-corrected chi connectivity index (χ1v) is 8.63. The maximum absolute atomic E-state index is 13.5. The Balaban J connectivity index is 1.52. The Hall–Kier alpha value is -3.42. The van der Waals surface area contributed by atoms with Gasteiger partial charge in [-0.15, -0.1) is 0 Å². The van der Waals surface area contributed by atoms with Crippen LogP contribution in [0.1, 0.15) is 6.42 Å². The highest BCUT2D eigenvalue weighted by atomic mass is 19.1. The summed E-state index contributed by atoms with van der Waals surface area (Å²) in [7, 11) is 1.55. The van der Waals surface area contributed by atoms with Crippen LogP contribution in [0.5, 0.6) is 5.75 Å². The second kappa shape index (κ2) is 8.51. The third-order valence-electron chi connectivity index (χ3n) is 4.34. The van der Waals surface area contributed by atoms with Crippen LogP contribution in [-0.2, 0) is 19.1 Å². The molecule has 1 fully saturated rings. The third kappa shape index (κ3) is 4.46. The van der Waals surface area contributed by atoms with Gasteiger partial charge in [0.15, 0.2) is 6.61 Å². The van der Waals surface area contributed by atoms with Gasteiger partial charge in [-0.25, -0.2) is 4.39 Å². The fraction of sp³-hybridized carbons (Fsp3) is 0.250. The van der Waals surface area contributed by atoms with Crippen molar-refractivity contribution in [2.45, 2.75) is 6.42 Å². The first kappa shape index (κ1) is 19.3. The number of carbonyl (C=O) groups excluding carboxylic acids is 3. The number of nitrogens with one attached hydrogen (secondary N) is 1. The molecule has 8 heteroatoms. The minimum Gasteiger partial charge on any atom is -0.497 e. The SMILES string of the molecule is COc1ccc(N2C[C@@H](C(=O)OCC(=O)Nc3ccccc3F)CC2=O)cc1. The highest BCUT2D eigenvalue weighted by Crippen LogP contribution is 2.27. The molecule has 0 aromatic heterocycles. The van der Waals surface area contributed by atoms with Crippen LogP contribution in [0.15, 0.2) is 48.5 Å². The number of methoxy groups -OCH3 is 1. The summed E-state index contributed by atoms with van der Waals surface area (Å²) >= 11 is 0. The number of ether oxygens (including phenoxy) is 2. The van der Waals surface area contributed by atoms with Gasteiger partial charge in [0.25, 0.3) is 5.91 Å². The molecule has 0 aliphatic carbocycles. The van der Waals surface area contributed by atoms with Gasteiger partial charge in [-0.05, 0) is 36.4 Å². The lowest BCUT2D eigenvalue weighted by molar-refractivity contribution is -0.151. The number of benzene rings is 2. The maximum Gasteiger partial charge on any atom is 0.311 e. The Kier molecular flexibility index (Phi) is 5.88. The summed E-state index contributed by atoms with van der Waals surface area (Å²) in [6, 6.07) is 12.6. The van der Waals surface area contributed by atoms with Crippen molar-refractivity contribution in [2.75, 3.05) is 30.5 Å². The van der Waals surface area contributed by atoms with Gasteiger partial charge in [0.2, 0.25) is 5.91 Å². The lowest BCUT2D eigenvalue weighted by Gasteiger charge is -2.16. The van der Waals surface area contributed by atoms with Gasteiger partial charge in [0.05, 0.1) is 18.7 Å². The van der Waals surface area contributed by atoms with Gasteiger partial charge in [-0.3, -0.25) is 14.4 Å². The van der Waals surface area contributed by atoms with Gasteiger partial charge in [0, 0.05) is 18.7 Å². The fourth-order valence-corrected chi connectivity index (χ4v) is 2.88. The van der Waals surface area contributed by atoms with Gasteiger partial charge in [-0.2, -0.15) is 0 Å². The van der Waals surface area contributed by atoms with Gasteiger partial charge in [0.1, 0.15) is 11.6 Å². The number of esters is 1. The molecule has 2 aromatic rings. The molecule has 1 saturated heterocycles. The van der Waals surface area contributed by atoms with Crippen LogP contribution in [0.3, 0.4) is 0 Å². The lowest BCUT2D eigenvalue weighted by atomic mass is 10.1. The molecule has 146 valence electrons. The second-order valence-electron chi connectivity index (χ2n) is 6.24. The molecule has 7 nitrogen and oxygen atoms in total. The Morgan fingerprint density at radius 2 is 1.89 bits per heavy atom. The van der Waals surface area contributed by atoms with Crippen molar-refractivity contribution in [2.24, 2.45) is 5.92 Å². The van der Waals surface area contributed by atoms with Crippen LogP contribution in [0.4, 0.5) is 15.8 Å². The molecule has 1 heterocycles. The van der Waals surface area contributed by atoms with E-state index in [-0.39, 0.29) is 24.6 Å². The topological polar surface area (TPSA) is 84.9 Å². The second-order valence-corrected chi connectivity index (χ2v) is 6.24. The smallest absolute Gasteiger partial charge is 0.311 e. The molecular weight excluding hydrogens is 367 g/mol. The molecule has 2 aromatic carbocycles. The van der Waals surface area contributed by atoms with Crippen molar-refractivity contribution < 1.29 is 28.2 Å². The molecule has 1 aliphatic heterocycles. The van der Waals surface area contributed by atoms with Crippen molar-refractivity contribution in [1.82, 2.24) is 0 Å². The average Bonchev–Trinajstić information content (AvgIpc) is 3.10. The predicted octanol–water partition coefficient (Wildman–Crippen LogP) is 2.37. The van der Waals surface area contributed by atoms with Crippen LogP contribution in [0.25, 0.3) is 0 Å². The van der Waals surface area contributed by atoms with Crippen LogP contribution >= 0.6 is 0 Å². The average molecular weight is 386 g/mol. The van der Waals surface area contributed by atoms with Crippen molar-refractivity contribution in [3.8, 4) is 5.75 Å². The van der Waals surface area contributed by atoms with E-state index in [9.17, 15) is 18.8 Å². The molecular formula is C20H19FN2O5. The van der Waals surface area contributed by atoms with E-state index in [4.69, 9.17) is 9.47 Å². The van der Waals surface area contributed by atoms with E-state index in [1.807, 2.05) is 0 Å². The van der Waals surface area contributed by atoms with Gasteiger partial charge in [-0.1, -0.05) is 12.1 Å². The molecule has 3 rings (SSSR count). The van der Waals surface area contributed by atoms with E-state index in [0.29, 0.717) is 11.4 Å². The number of halogens is 1. The largest absolute Gasteiger partial charge is 0.497 e. The molecule has 0 bridgehead atoms. The number of rotatable bonds is 6. The zero-order chi connectivity index (χ0) is 20.1. The van der Waals surface area contributed by atoms with Crippen LogP contribution in [-0.4, -0.2) is 38.0 Å². The quantitative estimate of drug-likeness (QED) is 0.771. The van der Waals surface area contributed by atoms with Crippen LogP contribution in [0, 0.1) is 11.7 Å². The first-order valence-electron chi connectivity index (χ1n) is 8.63. The van der Waals surface area contributed by atoms with Crippen molar-refractivity contribution in [3.05, 3.63) is 54.3 Å². The van der Waals surface area contributed by atoms with E-state index in [1.165, 1.54) is 23.1 Å². The Bertz CT molecular complexity index is 884. The first-order chi connectivity index (χ1) is 13.5. The summed E-state index contributed by atoms with van der Waals surface area (Å²) in [6.07, 6.45) is -0.000203. The van der Waals surface area contributed by atoms with Crippen molar-refractivity contribution in [3.63, 3.8) is 0 Å². The van der Waals surface area contributed by atoms with E-state index >= 15 is 0 Å². The Morgan fingerprint density at radius 3 is 2.57 bits per heavy atom. The molecule has 2 amide bonds. The maximum atomic E-state index is 13.5. The number of amides is 2.